The lowest BCUT2D eigenvalue weighted by atomic mass is 10.0. The Kier molecular flexibility index (Phi) is 4.74. The topological polar surface area (TPSA) is 26.3 Å². The monoisotopic (exact) mass is 292 g/mol. The van der Waals surface area contributed by atoms with E-state index in [2.05, 4.69) is 0 Å². The second kappa shape index (κ2) is 6.53. The van der Waals surface area contributed by atoms with Gasteiger partial charge in [-0.05, 0) is 24.1 Å². The van der Waals surface area contributed by atoms with Crippen molar-refractivity contribution in [3.8, 4) is 11.1 Å². The summed E-state index contributed by atoms with van der Waals surface area (Å²) in [5.74, 6) is -1.15. The summed E-state index contributed by atoms with van der Waals surface area (Å²) in [4.78, 5) is 11.5. The molecule has 0 aliphatic rings. The van der Waals surface area contributed by atoms with Gasteiger partial charge in [-0.2, -0.15) is 0 Å². The predicted molar refractivity (Wildman–Crippen MR) is 77.1 cm³/mol. The molecule has 1 unspecified atom stereocenters. The molecular formula is C16H14ClFO2. The van der Waals surface area contributed by atoms with Crippen LogP contribution >= 0.6 is 11.6 Å². The van der Waals surface area contributed by atoms with Gasteiger partial charge in [0.05, 0.1) is 6.61 Å². The van der Waals surface area contributed by atoms with Crippen molar-refractivity contribution in [2.24, 2.45) is 0 Å². The van der Waals surface area contributed by atoms with Gasteiger partial charge in [0.15, 0.2) is 5.38 Å². The van der Waals surface area contributed by atoms with Crippen LogP contribution in [0.1, 0.15) is 17.9 Å². The van der Waals surface area contributed by atoms with Crippen LogP contribution in [0.3, 0.4) is 0 Å². The maximum absolute atomic E-state index is 14.1. The van der Waals surface area contributed by atoms with Crippen LogP contribution < -0.4 is 0 Å². The third-order valence-corrected chi connectivity index (χ3v) is 3.29. The average molecular weight is 293 g/mol. The molecule has 1 atom stereocenters. The van der Waals surface area contributed by atoms with Crippen molar-refractivity contribution in [1.82, 2.24) is 0 Å². The lowest BCUT2D eigenvalue weighted by Crippen LogP contribution is -2.12. The zero-order valence-corrected chi connectivity index (χ0v) is 11.7. The average Bonchev–Trinajstić information content (AvgIpc) is 2.47. The number of hydrogen-bond donors (Lipinski definition) is 0. The van der Waals surface area contributed by atoms with Crippen LogP contribution in [0.25, 0.3) is 11.1 Å². The first kappa shape index (κ1) is 14.5. The van der Waals surface area contributed by atoms with Crippen LogP contribution in [-0.4, -0.2) is 12.6 Å². The Labute approximate surface area is 122 Å². The molecule has 0 fully saturated rings. The molecular weight excluding hydrogens is 279 g/mol. The maximum atomic E-state index is 14.1. The molecule has 4 heteroatoms. The molecule has 2 nitrogen and oxygen atoms in total. The summed E-state index contributed by atoms with van der Waals surface area (Å²) in [7, 11) is 0. The molecule has 0 N–H and O–H groups in total. The summed E-state index contributed by atoms with van der Waals surface area (Å²) in [5, 5.41) is -1.13. The van der Waals surface area contributed by atoms with Gasteiger partial charge in [0, 0.05) is 5.56 Å². The fourth-order valence-electron chi connectivity index (χ4n) is 1.89. The molecule has 2 rings (SSSR count). The highest BCUT2D eigenvalue weighted by Gasteiger charge is 2.22. The largest absolute Gasteiger partial charge is 0.465 e. The molecule has 0 saturated heterocycles. The van der Waals surface area contributed by atoms with Gasteiger partial charge in [-0.15, -0.1) is 11.6 Å². The zero-order chi connectivity index (χ0) is 14.5. The lowest BCUT2D eigenvalue weighted by Gasteiger charge is -2.11. The third kappa shape index (κ3) is 3.17. The van der Waals surface area contributed by atoms with Crippen LogP contribution in [0.15, 0.2) is 48.5 Å². The highest BCUT2D eigenvalue weighted by atomic mass is 35.5. The lowest BCUT2D eigenvalue weighted by molar-refractivity contribution is -0.142. The Morgan fingerprint density at radius 2 is 1.90 bits per heavy atom. The fraction of sp³-hybridized carbons (Fsp3) is 0.188. The normalized spacial score (nSPS) is 11.9. The van der Waals surface area contributed by atoms with E-state index in [1.807, 2.05) is 30.3 Å². The number of rotatable bonds is 4. The molecule has 0 bridgehead atoms. The molecule has 0 aromatic heterocycles. The van der Waals surface area contributed by atoms with Crippen LogP contribution in [0, 0.1) is 5.82 Å². The summed E-state index contributed by atoms with van der Waals surface area (Å²) in [6.45, 7) is 1.89. The minimum atomic E-state index is -1.13. The third-order valence-electron chi connectivity index (χ3n) is 2.87. The van der Waals surface area contributed by atoms with Gasteiger partial charge in [0.25, 0.3) is 0 Å². The van der Waals surface area contributed by atoms with Gasteiger partial charge in [-0.3, -0.25) is 4.79 Å². The summed E-state index contributed by atoms with van der Waals surface area (Å²) < 4.78 is 18.9. The Balaban J connectivity index is 2.29. The Bertz CT molecular complexity index is 599. The van der Waals surface area contributed by atoms with E-state index >= 15 is 0 Å². The van der Waals surface area contributed by atoms with Crippen LogP contribution in [0.4, 0.5) is 4.39 Å². The van der Waals surface area contributed by atoms with E-state index in [-0.39, 0.29) is 12.2 Å². The van der Waals surface area contributed by atoms with Crippen molar-refractivity contribution < 1.29 is 13.9 Å². The zero-order valence-electron chi connectivity index (χ0n) is 11.0. The van der Waals surface area contributed by atoms with Crippen molar-refractivity contribution in [1.29, 1.82) is 0 Å². The maximum Gasteiger partial charge on any atom is 0.328 e. The van der Waals surface area contributed by atoms with Crippen molar-refractivity contribution in [3.63, 3.8) is 0 Å². The van der Waals surface area contributed by atoms with E-state index in [1.165, 1.54) is 12.1 Å². The first-order valence-electron chi connectivity index (χ1n) is 6.29. The van der Waals surface area contributed by atoms with Crippen molar-refractivity contribution in [3.05, 3.63) is 59.9 Å². The van der Waals surface area contributed by atoms with Crippen LogP contribution in [0.5, 0.6) is 0 Å². The second-order valence-electron chi connectivity index (χ2n) is 4.22. The summed E-state index contributed by atoms with van der Waals surface area (Å²) in [5.41, 5.74) is 1.77. The summed E-state index contributed by atoms with van der Waals surface area (Å²) >= 11 is 5.92. The molecule has 0 amide bonds. The molecule has 0 aliphatic carbocycles. The van der Waals surface area contributed by atoms with Crippen molar-refractivity contribution >= 4 is 17.6 Å². The van der Waals surface area contributed by atoms with Gasteiger partial charge in [0.2, 0.25) is 0 Å². The summed E-state index contributed by atoms with van der Waals surface area (Å²) in [6.07, 6.45) is 0. The van der Waals surface area contributed by atoms with E-state index < -0.39 is 17.2 Å². The molecule has 0 aliphatic heterocycles. The number of esters is 1. The predicted octanol–water partition coefficient (Wildman–Crippen LogP) is 4.34. The van der Waals surface area contributed by atoms with Gasteiger partial charge in [-0.25, -0.2) is 4.39 Å². The first-order valence-corrected chi connectivity index (χ1v) is 6.72. The minimum Gasteiger partial charge on any atom is -0.465 e. The number of carbonyl (C=O) groups excluding carboxylic acids is 1. The van der Waals surface area contributed by atoms with E-state index in [4.69, 9.17) is 16.3 Å². The van der Waals surface area contributed by atoms with E-state index in [1.54, 1.807) is 13.0 Å². The highest BCUT2D eigenvalue weighted by Crippen LogP contribution is 2.28. The number of ether oxygens (including phenoxy) is 1. The number of hydrogen-bond acceptors (Lipinski definition) is 2. The van der Waals surface area contributed by atoms with E-state index in [0.717, 1.165) is 11.1 Å². The van der Waals surface area contributed by atoms with Gasteiger partial charge < -0.3 is 4.74 Å². The smallest absolute Gasteiger partial charge is 0.328 e. The standard InChI is InChI=1S/C16H14ClFO2/c1-2-20-16(19)15(17)13-9-8-12(10-14(13)18)11-6-4-3-5-7-11/h3-10,15H,2H2,1H3. The summed E-state index contributed by atoms with van der Waals surface area (Å²) in [6, 6.07) is 14.1. The number of halogens is 2. The number of benzene rings is 2. The van der Waals surface area contributed by atoms with Crippen LogP contribution in [0.2, 0.25) is 0 Å². The molecule has 0 spiro atoms. The SMILES string of the molecule is CCOC(=O)C(Cl)c1ccc(-c2ccccc2)cc1F. The highest BCUT2D eigenvalue weighted by molar-refractivity contribution is 6.30. The number of carbonyl (C=O) groups is 1. The molecule has 20 heavy (non-hydrogen) atoms. The van der Waals surface area contributed by atoms with Gasteiger partial charge in [-0.1, -0.05) is 42.5 Å². The van der Waals surface area contributed by atoms with Gasteiger partial charge >= 0.3 is 5.97 Å². The van der Waals surface area contributed by atoms with E-state index in [9.17, 15) is 9.18 Å². The molecule has 0 heterocycles. The van der Waals surface area contributed by atoms with Crippen LogP contribution in [-0.2, 0) is 9.53 Å². The molecule has 0 saturated carbocycles. The quantitative estimate of drug-likeness (QED) is 0.619. The molecule has 104 valence electrons. The Hall–Kier alpha value is -1.87. The van der Waals surface area contributed by atoms with Crippen molar-refractivity contribution in [2.75, 3.05) is 6.61 Å². The minimum absolute atomic E-state index is 0.129. The second-order valence-corrected chi connectivity index (χ2v) is 4.65. The fourth-order valence-corrected chi connectivity index (χ4v) is 2.13. The Morgan fingerprint density at radius 3 is 2.50 bits per heavy atom. The first-order chi connectivity index (χ1) is 9.63. The van der Waals surface area contributed by atoms with Gasteiger partial charge in [0.1, 0.15) is 5.82 Å². The van der Waals surface area contributed by atoms with E-state index in [0.29, 0.717) is 0 Å². The molecule has 2 aromatic carbocycles. The van der Waals surface area contributed by atoms with Crippen molar-refractivity contribution in [2.45, 2.75) is 12.3 Å². The Morgan fingerprint density at radius 1 is 1.20 bits per heavy atom. The molecule has 0 radical (unpaired) electrons. The molecule has 2 aromatic rings. The number of alkyl halides is 1.